The van der Waals surface area contributed by atoms with E-state index in [-0.39, 0.29) is 24.7 Å². The summed E-state index contributed by atoms with van der Waals surface area (Å²) in [6.07, 6.45) is 0.156. The van der Waals surface area contributed by atoms with Crippen LogP contribution in [0, 0.1) is 5.92 Å². The second-order valence-corrected chi connectivity index (χ2v) is 5.15. The Morgan fingerprint density at radius 1 is 1.28 bits per heavy atom. The lowest BCUT2D eigenvalue weighted by molar-refractivity contribution is -0.143. The van der Waals surface area contributed by atoms with Gasteiger partial charge in [0.25, 0.3) is 0 Å². The highest BCUT2D eigenvalue weighted by Crippen LogP contribution is 2.06. The zero-order chi connectivity index (χ0) is 14.1. The Hall–Kier alpha value is -0.650. The van der Waals surface area contributed by atoms with Crippen molar-refractivity contribution < 1.29 is 19.4 Å². The first kappa shape index (κ1) is 17.4. The van der Waals surface area contributed by atoms with E-state index in [1.165, 1.54) is 7.11 Å². The summed E-state index contributed by atoms with van der Waals surface area (Å²) in [5, 5.41) is 12.7. The third-order valence-corrected chi connectivity index (χ3v) is 2.41. The van der Waals surface area contributed by atoms with Crippen molar-refractivity contribution in [2.45, 2.75) is 52.4 Å². The highest BCUT2D eigenvalue weighted by atomic mass is 16.5. The molecule has 0 rings (SSSR count). The van der Waals surface area contributed by atoms with Crippen LogP contribution in [0.4, 0.5) is 0 Å². The number of aliphatic hydroxyl groups excluding tert-OH is 1. The molecule has 2 unspecified atom stereocenters. The second-order valence-electron chi connectivity index (χ2n) is 5.15. The molecule has 0 radical (unpaired) electrons. The molecule has 0 aliphatic carbocycles. The topological polar surface area (TPSA) is 67.8 Å². The third kappa shape index (κ3) is 8.44. The van der Waals surface area contributed by atoms with Gasteiger partial charge in [0.15, 0.2) is 0 Å². The molecule has 5 heteroatoms. The largest absolute Gasteiger partial charge is 0.468 e. The van der Waals surface area contributed by atoms with Crippen molar-refractivity contribution in [1.82, 2.24) is 5.32 Å². The molecular weight excluding hydrogens is 234 g/mol. The van der Waals surface area contributed by atoms with Crippen molar-refractivity contribution in [2.24, 2.45) is 5.92 Å². The van der Waals surface area contributed by atoms with E-state index in [1.807, 2.05) is 27.7 Å². The summed E-state index contributed by atoms with van der Waals surface area (Å²) in [6, 6.07) is -0.372. The van der Waals surface area contributed by atoms with Crippen LogP contribution in [-0.2, 0) is 14.3 Å². The number of methoxy groups -OCH3 is 1. The molecule has 0 aromatic rings. The molecule has 0 aromatic heterocycles. The van der Waals surface area contributed by atoms with Gasteiger partial charge in [-0.25, -0.2) is 0 Å². The van der Waals surface area contributed by atoms with Gasteiger partial charge in [-0.05, 0) is 26.2 Å². The van der Waals surface area contributed by atoms with Gasteiger partial charge in [-0.3, -0.25) is 4.79 Å². The molecule has 0 spiro atoms. The normalized spacial score (nSPS) is 14.9. The Labute approximate surface area is 110 Å². The molecule has 18 heavy (non-hydrogen) atoms. The first-order valence-electron chi connectivity index (χ1n) is 6.47. The molecule has 0 aliphatic rings. The lowest BCUT2D eigenvalue weighted by atomic mass is 10.0. The minimum atomic E-state index is -0.619. The van der Waals surface area contributed by atoms with Gasteiger partial charge in [0.1, 0.15) is 6.04 Å². The number of aliphatic hydroxyl groups is 1. The van der Waals surface area contributed by atoms with Gasteiger partial charge in [0.2, 0.25) is 0 Å². The Bertz CT molecular complexity index is 231. The first-order chi connectivity index (χ1) is 8.36. The van der Waals surface area contributed by atoms with E-state index >= 15 is 0 Å². The molecule has 2 atom stereocenters. The van der Waals surface area contributed by atoms with Crippen molar-refractivity contribution in [2.75, 3.05) is 20.3 Å². The lowest BCUT2D eigenvalue weighted by Crippen LogP contribution is -2.43. The maximum atomic E-state index is 11.5. The molecule has 108 valence electrons. The summed E-state index contributed by atoms with van der Waals surface area (Å²) in [4.78, 5) is 11.5. The van der Waals surface area contributed by atoms with Crippen molar-refractivity contribution in [3.05, 3.63) is 0 Å². The van der Waals surface area contributed by atoms with Crippen LogP contribution in [-0.4, -0.2) is 49.6 Å². The maximum Gasteiger partial charge on any atom is 0.322 e. The Kier molecular flexibility index (Phi) is 8.97. The van der Waals surface area contributed by atoms with Gasteiger partial charge in [-0.2, -0.15) is 0 Å². The highest BCUT2D eigenvalue weighted by Gasteiger charge is 2.20. The Balaban J connectivity index is 4.05. The van der Waals surface area contributed by atoms with Gasteiger partial charge >= 0.3 is 5.97 Å². The average molecular weight is 261 g/mol. The number of rotatable bonds is 9. The molecular formula is C13H27NO4. The van der Waals surface area contributed by atoms with E-state index in [4.69, 9.17) is 9.47 Å². The fourth-order valence-corrected chi connectivity index (χ4v) is 1.52. The summed E-state index contributed by atoms with van der Waals surface area (Å²) >= 11 is 0. The fourth-order valence-electron chi connectivity index (χ4n) is 1.52. The number of hydrogen-bond acceptors (Lipinski definition) is 5. The Morgan fingerprint density at radius 3 is 2.33 bits per heavy atom. The zero-order valence-corrected chi connectivity index (χ0v) is 12.1. The standard InChI is InChI=1S/C13H27NO4/c1-9(2)6-12(13(16)17-5)14-7-11(15)8-18-10(3)4/h9-12,14-15H,6-8H2,1-5H3. The maximum absolute atomic E-state index is 11.5. The van der Waals surface area contributed by atoms with Gasteiger partial charge in [-0.1, -0.05) is 13.8 Å². The quantitative estimate of drug-likeness (QED) is 0.605. The molecule has 0 bridgehead atoms. The minimum Gasteiger partial charge on any atom is -0.468 e. The number of nitrogens with one attached hydrogen (secondary N) is 1. The second kappa shape index (κ2) is 9.30. The van der Waals surface area contributed by atoms with Gasteiger partial charge in [-0.15, -0.1) is 0 Å². The van der Waals surface area contributed by atoms with Crippen molar-refractivity contribution >= 4 is 5.97 Å². The number of carbonyl (C=O) groups excluding carboxylic acids is 1. The summed E-state index contributed by atoms with van der Waals surface area (Å²) < 4.78 is 10.0. The van der Waals surface area contributed by atoms with Gasteiger partial charge in [0, 0.05) is 6.54 Å². The SMILES string of the molecule is COC(=O)C(CC(C)C)NCC(O)COC(C)C. The Morgan fingerprint density at radius 2 is 1.89 bits per heavy atom. The summed E-state index contributed by atoms with van der Waals surface area (Å²) in [5.41, 5.74) is 0. The molecule has 0 saturated carbocycles. The molecule has 0 fully saturated rings. The summed E-state index contributed by atoms with van der Waals surface area (Å²) in [6.45, 7) is 8.48. The van der Waals surface area contributed by atoms with Crippen LogP contribution in [0.15, 0.2) is 0 Å². The van der Waals surface area contributed by atoms with Crippen LogP contribution in [0.1, 0.15) is 34.1 Å². The van der Waals surface area contributed by atoms with Crippen molar-refractivity contribution in [1.29, 1.82) is 0 Å². The van der Waals surface area contributed by atoms with E-state index in [0.717, 1.165) is 0 Å². The minimum absolute atomic E-state index is 0.0896. The molecule has 2 N–H and O–H groups in total. The number of carbonyl (C=O) groups is 1. The predicted octanol–water partition coefficient (Wildman–Crippen LogP) is 0.950. The highest BCUT2D eigenvalue weighted by molar-refractivity contribution is 5.75. The smallest absolute Gasteiger partial charge is 0.322 e. The van der Waals surface area contributed by atoms with Crippen molar-refractivity contribution in [3.63, 3.8) is 0 Å². The van der Waals surface area contributed by atoms with Crippen LogP contribution in [0.3, 0.4) is 0 Å². The molecule has 5 nitrogen and oxygen atoms in total. The van der Waals surface area contributed by atoms with Crippen LogP contribution in [0.5, 0.6) is 0 Å². The van der Waals surface area contributed by atoms with Crippen LogP contribution in [0.25, 0.3) is 0 Å². The lowest BCUT2D eigenvalue weighted by Gasteiger charge is -2.20. The predicted molar refractivity (Wildman–Crippen MR) is 70.4 cm³/mol. The third-order valence-electron chi connectivity index (χ3n) is 2.41. The molecule has 0 saturated heterocycles. The first-order valence-corrected chi connectivity index (χ1v) is 6.47. The molecule has 0 amide bonds. The molecule has 0 aliphatic heterocycles. The van der Waals surface area contributed by atoms with E-state index in [0.29, 0.717) is 18.9 Å². The summed E-state index contributed by atoms with van der Waals surface area (Å²) in [7, 11) is 1.37. The number of esters is 1. The fraction of sp³-hybridized carbons (Fsp3) is 0.923. The van der Waals surface area contributed by atoms with E-state index in [9.17, 15) is 9.90 Å². The van der Waals surface area contributed by atoms with Gasteiger partial charge < -0.3 is 19.9 Å². The summed E-state index contributed by atoms with van der Waals surface area (Å²) in [5.74, 6) is 0.0892. The van der Waals surface area contributed by atoms with Crippen LogP contribution < -0.4 is 5.32 Å². The molecule has 0 heterocycles. The van der Waals surface area contributed by atoms with Gasteiger partial charge in [0.05, 0.1) is 25.9 Å². The monoisotopic (exact) mass is 261 g/mol. The van der Waals surface area contributed by atoms with E-state index in [2.05, 4.69) is 5.32 Å². The van der Waals surface area contributed by atoms with E-state index in [1.54, 1.807) is 0 Å². The molecule has 0 aromatic carbocycles. The number of hydrogen-bond donors (Lipinski definition) is 2. The van der Waals surface area contributed by atoms with Crippen LogP contribution in [0.2, 0.25) is 0 Å². The van der Waals surface area contributed by atoms with Crippen LogP contribution >= 0.6 is 0 Å². The number of ether oxygens (including phenoxy) is 2. The average Bonchev–Trinajstić information content (AvgIpc) is 2.30. The van der Waals surface area contributed by atoms with E-state index < -0.39 is 6.10 Å². The van der Waals surface area contributed by atoms with Crippen molar-refractivity contribution in [3.8, 4) is 0 Å². The zero-order valence-electron chi connectivity index (χ0n) is 12.1.